The van der Waals surface area contributed by atoms with Crippen LogP contribution in [0.1, 0.15) is 17.1 Å². The molecule has 2 heterocycles. The molecular weight excluding hydrogens is 276 g/mol. The molecule has 0 radical (unpaired) electrons. The van der Waals surface area contributed by atoms with Crippen molar-refractivity contribution in [3.05, 3.63) is 53.6 Å². The first-order valence-electron chi connectivity index (χ1n) is 6.08. The first kappa shape index (κ1) is 14.6. The number of hydrogen-bond acceptors (Lipinski definition) is 5. The summed E-state index contributed by atoms with van der Waals surface area (Å²) in [7, 11) is -3.59. The van der Waals surface area contributed by atoms with E-state index in [2.05, 4.69) is 14.7 Å². The van der Waals surface area contributed by atoms with Gasteiger partial charge in [-0.2, -0.15) is 0 Å². The van der Waals surface area contributed by atoms with Crippen LogP contribution in [0.15, 0.2) is 41.4 Å². The van der Waals surface area contributed by atoms with Gasteiger partial charge in [-0.25, -0.2) is 13.1 Å². The lowest BCUT2D eigenvalue weighted by Gasteiger charge is -2.07. The van der Waals surface area contributed by atoms with E-state index in [9.17, 15) is 8.42 Å². The minimum absolute atomic E-state index is 0.113. The lowest BCUT2D eigenvalue weighted by Crippen LogP contribution is -2.24. The van der Waals surface area contributed by atoms with Gasteiger partial charge in [0.05, 0.1) is 17.9 Å². The lowest BCUT2D eigenvalue weighted by molar-refractivity contribution is 0.580. The number of pyridine rings is 2. The second-order valence-corrected chi connectivity index (χ2v) is 6.05. The van der Waals surface area contributed by atoms with Gasteiger partial charge in [-0.15, -0.1) is 0 Å². The summed E-state index contributed by atoms with van der Waals surface area (Å²) in [4.78, 5) is 8.32. The second-order valence-electron chi connectivity index (χ2n) is 4.28. The molecule has 0 saturated heterocycles. The number of aromatic nitrogens is 2. The molecule has 20 heavy (non-hydrogen) atoms. The Morgan fingerprint density at radius 2 is 2.00 bits per heavy atom. The molecule has 0 aliphatic heterocycles. The van der Waals surface area contributed by atoms with Crippen molar-refractivity contribution in [2.24, 2.45) is 5.73 Å². The maximum Gasteiger partial charge on any atom is 0.242 e. The van der Waals surface area contributed by atoms with E-state index in [4.69, 9.17) is 5.73 Å². The van der Waals surface area contributed by atoms with Gasteiger partial charge in [-0.1, -0.05) is 6.07 Å². The topological polar surface area (TPSA) is 98.0 Å². The van der Waals surface area contributed by atoms with Crippen molar-refractivity contribution in [3.63, 3.8) is 0 Å². The molecule has 6 nitrogen and oxygen atoms in total. The molecule has 0 fully saturated rings. The minimum atomic E-state index is -3.59. The van der Waals surface area contributed by atoms with Crippen molar-refractivity contribution in [2.75, 3.05) is 0 Å². The second kappa shape index (κ2) is 6.08. The van der Waals surface area contributed by atoms with Gasteiger partial charge in [0.1, 0.15) is 4.90 Å². The van der Waals surface area contributed by atoms with E-state index in [-0.39, 0.29) is 18.0 Å². The zero-order valence-electron chi connectivity index (χ0n) is 11.1. The Labute approximate surface area is 118 Å². The van der Waals surface area contributed by atoms with Crippen LogP contribution in [0.4, 0.5) is 0 Å². The lowest BCUT2D eigenvalue weighted by atomic mass is 10.3. The van der Waals surface area contributed by atoms with Gasteiger partial charge in [0.25, 0.3) is 0 Å². The largest absolute Gasteiger partial charge is 0.325 e. The molecule has 0 bridgehead atoms. The molecule has 0 aliphatic rings. The molecule has 106 valence electrons. The molecule has 2 aromatic rings. The van der Waals surface area contributed by atoms with Crippen LogP contribution in [0.2, 0.25) is 0 Å². The third-order valence-electron chi connectivity index (χ3n) is 2.71. The van der Waals surface area contributed by atoms with Crippen LogP contribution in [-0.4, -0.2) is 18.4 Å². The van der Waals surface area contributed by atoms with Crippen LogP contribution >= 0.6 is 0 Å². The summed E-state index contributed by atoms with van der Waals surface area (Å²) >= 11 is 0. The molecular formula is C13H16N4O2S. The average molecular weight is 292 g/mol. The summed E-state index contributed by atoms with van der Waals surface area (Å²) in [5, 5.41) is 0. The van der Waals surface area contributed by atoms with Gasteiger partial charge in [0, 0.05) is 18.4 Å². The highest BCUT2D eigenvalue weighted by Gasteiger charge is 2.14. The number of nitrogens with zero attached hydrogens (tertiary/aromatic N) is 2. The van der Waals surface area contributed by atoms with Crippen molar-refractivity contribution in [1.29, 1.82) is 0 Å². The molecule has 0 atom stereocenters. The average Bonchev–Trinajstić information content (AvgIpc) is 2.45. The normalized spacial score (nSPS) is 11.5. The highest BCUT2D eigenvalue weighted by Crippen LogP contribution is 2.08. The predicted octanol–water partition coefficient (Wildman–Crippen LogP) is 0.722. The fourth-order valence-electron chi connectivity index (χ4n) is 1.64. The Kier molecular flexibility index (Phi) is 4.43. The smallest absolute Gasteiger partial charge is 0.242 e. The van der Waals surface area contributed by atoms with E-state index >= 15 is 0 Å². The van der Waals surface area contributed by atoms with Gasteiger partial charge in [-0.3, -0.25) is 9.97 Å². The Hall–Kier alpha value is -1.83. The van der Waals surface area contributed by atoms with Gasteiger partial charge >= 0.3 is 0 Å². The summed E-state index contributed by atoms with van der Waals surface area (Å²) in [6.07, 6.45) is 1.30. The number of rotatable bonds is 5. The molecule has 0 saturated carbocycles. The van der Waals surface area contributed by atoms with E-state index in [1.165, 1.54) is 12.3 Å². The molecule has 2 aromatic heterocycles. The zero-order valence-corrected chi connectivity index (χ0v) is 11.9. The fourth-order valence-corrected chi connectivity index (χ4v) is 2.58. The van der Waals surface area contributed by atoms with Crippen LogP contribution in [0.3, 0.4) is 0 Å². The number of nitrogens with two attached hydrogens (primary N) is 1. The molecule has 0 aromatic carbocycles. The number of nitrogens with one attached hydrogen (secondary N) is 1. The monoisotopic (exact) mass is 292 g/mol. The minimum Gasteiger partial charge on any atom is -0.325 e. The number of sulfonamides is 1. The van der Waals surface area contributed by atoms with E-state index < -0.39 is 10.0 Å². The van der Waals surface area contributed by atoms with Crippen molar-refractivity contribution in [1.82, 2.24) is 14.7 Å². The maximum atomic E-state index is 12.1. The molecule has 0 aliphatic carbocycles. The molecule has 3 N–H and O–H groups in total. The van der Waals surface area contributed by atoms with Crippen molar-refractivity contribution in [2.45, 2.75) is 24.9 Å². The van der Waals surface area contributed by atoms with Crippen molar-refractivity contribution in [3.8, 4) is 0 Å². The number of aryl methyl sites for hydroxylation is 1. The Bertz CT molecular complexity index is 684. The predicted molar refractivity (Wildman–Crippen MR) is 75.1 cm³/mol. The first-order valence-corrected chi connectivity index (χ1v) is 7.57. The van der Waals surface area contributed by atoms with Crippen LogP contribution < -0.4 is 10.5 Å². The summed E-state index contributed by atoms with van der Waals surface area (Å²) in [5.41, 5.74) is 7.57. The van der Waals surface area contributed by atoms with E-state index in [0.717, 1.165) is 5.69 Å². The Balaban J connectivity index is 2.10. The quantitative estimate of drug-likeness (QED) is 0.846. The Morgan fingerprint density at radius 1 is 1.20 bits per heavy atom. The first-order chi connectivity index (χ1) is 9.51. The van der Waals surface area contributed by atoms with E-state index in [1.807, 2.05) is 19.1 Å². The molecule has 0 amide bonds. The van der Waals surface area contributed by atoms with Gasteiger partial charge in [0.2, 0.25) is 10.0 Å². The van der Waals surface area contributed by atoms with Crippen LogP contribution in [0, 0.1) is 6.92 Å². The van der Waals surface area contributed by atoms with Crippen molar-refractivity contribution >= 4 is 10.0 Å². The summed E-state index contributed by atoms with van der Waals surface area (Å²) < 4.78 is 26.7. The van der Waals surface area contributed by atoms with Crippen LogP contribution in [0.5, 0.6) is 0 Å². The molecule has 2 rings (SSSR count). The van der Waals surface area contributed by atoms with E-state index in [1.54, 1.807) is 12.1 Å². The highest BCUT2D eigenvalue weighted by molar-refractivity contribution is 7.89. The molecule has 7 heteroatoms. The van der Waals surface area contributed by atoms with E-state index in [0.29, 0.717) is 11.4 Å². The highest BCUT2D eigenvalue weighted by atomic mass is 32.2. The van der Waals surface area contributed by atoms with Gasteiger partial charge in [0.15, 0.2) is 0 Å². The van der Waals surface area contributed by atoms with Crippen LogP contribution in [0.25, 0.3) is 0 Å². The number of hydrogen-bond donors (Lipinski definition) is 2. The molecule has 0 unspecified atom stereocenters. The van der Waals surface area contributed by atoms with Crippen molar-refractivity contribution < 1.29 is 8.42 Å². The summed E-state index contributed by atoms with van der Waals surface area (Å²) in [6, 6.07) is 8.54. The Morgan fingerprint density at radius 3 is 2.60 bits per heavy atom. The zero-order chi connectivity index (χ0) is 14.6. The summed E-state index contributed by atoms with van der Waals surface area (Å²) in [6.45, 7) is 2.27. The molecule has 0 spiro atoms. The maximum absolute atomic E-state index is 12.1. The fraction of sp³-hybridized carbons (Fsp3) is 0.231. The summed E-state index contributed by atoms with van der Waals surface area (Å²) in [5.74, 6) is 0. The van der Waals surface area contributed by atoms with Gasteiger partial charge in [-0.05, 0) is 31.2 Å². The SMILES string of the molecule is Cc1cccc(CNS(=O)(=O)c2ccc(CN)nc2)n1. The van der Waals surface area contributed by atoms with Crippen LogP contribution in [-0.2, 0) is 23.1 Å². The van der Waals surface area contributed by atoms with Gasteiger partial charge < -0.3 is 5.73 Å². The standard InChI is InChI=1S/C13H16N4O2S/c1-10-3-2-4-12(17-10)8-16-20(18,19)13-6-5-11(7-14)15-9-13/h2-6,9,16H,7-8,14H2,1H3. The third kappa shape index (κ3) is 3.60. The third-order valence-corrected chi connectivity index (χ3v) is 4.09.